The monoisotopic (exact) mass is 332 g/mol. The minimum absolute atomic E-state index is 0.320. The zero-order chi connectivity index (χ0) is 16.8. The van der Waals surface area contributed by atoms with Gasteiger partial charge in [0.25, 0.3) is 0 Å². The minimum atomic E-state index is -0.451. The third-order valence-electron chi connectivity index (χ3n) is 3.05. The molecule has 0 saturated heterocycles. The topological polar surface area (TPSA) is 61.8 Å². The molecule has 2 aromatic rings. The van der Waals surface area contributed by atoms with Crippen molar-refractivity contribution in [3.8, 4) is 11.5 Å². The van der Waals surface area contributed by atoms with Crippen molar-refractivity contribution >= 4 is 29.4 Å². The first-order valence-corrected chi connectivity index (χ1v) is 7.63. The number of methoxy groups -OCH3 is 2. The second-order valence-electron chi connectivity index (χ2n) is 4.59. The largest absolute Gasteiger partial charge is 0.493 e. The maximum absolute atomic E-state index is 12.2. The predicted octanol–water partition coefficient (Wildman–Crippen LogP) is 3.47. The number of rotatable bonds is 5. The molecule has 1 heterocycles. The zero-order valence-corrected chi connectivity index (χ0v) is 13.8. The third kappa shape index (κ3) is 4.20. The van der Waals surface area contributed by atoms with Crippen LogP contribution in [0.5, 0.6) is 11.5 Å². The molecule has 0 saturated carbocycles. The Bertz CT molecular complexity index is 745. The summed E-state index contributed by atoms with van der Waals surface area (Å²) in [6.45, 7) is 1.85. The number of carbonyl (C=O) groups is 2. The molecule has 6 heteroatoms. The lowest BCUT2D eigenvalue weighted by Crippen LogP contribution is -2.08. The molecule has 0 unspecified atom stereocenters. The van der Waals surface area contributed by atoms with Crippen LogP contribution in [0.25, 0.3) is 6.08 Å². The van der Waals surface area contributed by atoms with Gasteiger partial charge in [0.05, 0.1) is 14.2 Å². The molecule has 0 aliphatic carbocycles. The number of ether oxygens (including phenoxy) is 3. The molecule has 0 atom stereocenters. The van der Waals surface area contributed by atoms with Gasteiger partial charge in [-0.05, 0) is 47.7 Å². The molecular formula is C17H16O5S. The van der Waals surface area contributed by atoms with E-state index in [0.29, 0.717) is 16.4 Å². The molecule has 0 aliphatic rings. The van der Waals surface area contributed by atoms with Gasteiger partial charge in [-0.25, -0.2) is 9.59 Å². The predicted molar refractivity (Wildman–Crippen MR) is 88.1 cm³/mol. The molecule has 0 radical (unpaired) electrons. The summed E-state index contributed by atoms with van der Waals surface area (Å²) in [6, 6.07) is 6.87. The van der Waals surface area contributed by atoms with Crippen LogP contribution in [-0.4, -0.2) is 26.2 Å². The Labute approximate surface area is 138 Å². The fourth-order valence-electron chi connectivity index (χ4n) is 1.83. The smallest absolute Gasteiger partial charge is 0.354 e. The summed E-state index contributed by atoms with van der Waals surface area (Å²) in [7, 11) is 2.79. The molecule has 0 amide bonds. The number of esters is 2. The van der Waals surface area contributed by atoms with Gasteiger partial charge in [0.1, 0.15) is 4.88 Å². The lowest BCUT2D eigenvalue weighted by Gasteiger charge is -2.09. The highest BCUT2D eigenvalue weighted by atomic mass is 32.1. The average Bonchev–Trinajstić information content (AvgIpc) is 2.99. The summed E-state index contributed by atoms with van der Waals surface area (Å²) in [5, 5.41) is 1.84. The normalized spacial score (nSPS) is 10.6. The van der Waals surface area contributed by atoms with E-state index < -0.39 is 11.9 Å². The molecular weight excluding hydrogens is 316 g/mol. The minimum Gasteiger partial charge on any atom is -0.493 e. The maximum Gasteiger partial charge on any atom is 0.354 e. The van der Waals surface area contributed by atoms with Gasteiger partial charge in [-0.3, -0.25) is 0 Å². The van der Waals surface area contributed by atoms with Gasteiger partial charge in [-0.1, -0.05) is 6.07 Å². The van der Waals surface area contributed by atoms with Gasteiger partial charge in [-0.2, -0.15) is 0 Å². The van der Waals surface area contributed by atoms with Gasteiger partial charge < -0.3 is 14.2 Å². The van der Waals surface area contributed by atoms with Crippen LogP contribution in [0, 0.1) is 6.92 Å². The maximum atomic E-state index is 12.2. The Kier molecular flexibility index (Phi) is 5.54. The molecule has 0 aliphatic heterocycles. The van der Waals surface area contributed by atoms with Crippen LogP contribution in [0.2, 0.25) is 0 Å². The summed E-state index contributed by atoms with van der Waals surface area (Å²) in [5.74, 6) is -0.151. The van der Waals surface area contributed by atoms with Gasteiger partial charge in [0.15, 0.2) is 11.5 Å². The lowest BCUT2D eigenvalue weighted by molar-refractivity contribution is -0.134. The highest BCUT2D eigenvalue weighted by Crippen LogP contribution is 2.30. The van der Waals surface area contributed by atoms with Crippen LogP contribution in [0.3, 0.4) is 0 Å². The molecule has 2 rings (SSSR count). The second-order valence-corrected chi connectivity index (χ2v) is 5.51. The molecule has 0 fully saturated rings. The highest BCUT2D eigenvalue weighted by molar-refractivity contribution is 7.12. The number of benzene rings is 1. The number of hydrogen-bond donors (Lipinski definition) is 0. The van der Waals surface area contributed by atoms with Crippen LogP contribution < -0.4 is 9.47 Å². The Balaban J connectivity index is 2.20. The van der Waals surface area contributed by atoms with E-state index in [4.69, 9.17) is 9.47 Å². The van der Waals surface area contributed by atoms with Crippen LogP contribution in [0.1, 0.15) is 20.8 Å². The van der Waals surface area contributed by atoms with Crippen molar-refractivity contribution in [3.63, 3.8) is 0 Å². The van der Waals surface area contributed by atoms with E-state index in [1.165, 1.54) is 31.6 Å². The lowest BCUT2D eigenvalue weighted by atomic mass is 10.2. The zero-order valence-electron chi connectivity index (χ0n) is 13.0. The van der Waals surface area contributed by atoms with E-state index >= 15 is 0 Å². The SMILES string of the molecule is COC(=O)C=Cc1ccc(OC(=O)c2sccc2C)c(OC)c1. The quantitative estimate of drug-likeness (QED) is 0.477. The molecule has 1 aromatic carbocycles. The molecule has 23 heavy (non-hydrogen) atoms. The van der Waals surface area contributed by atoms with Crippen molar-refractivity contribution in [1.82, 2.24) is 0 Å². The van der Waals surface area contributed by atoms with E-state index in [9.17, 15) is 9.59 Å². The Morgan fingerprint density at radius 2 is 1.91 bits per heavy atom. The standard InChI is InChI=1S/C17H16O5S/c1-11-8-9-23-16(11)17(19)22-13-6-4-12(10-14(13)20-2)5-7-15(18)21-3/h4-10H,1-3H3. The average molecular weight is 332 g/mol. The number of aryl methyl sites for hydroxylation is 1. The van der Waals surface area contributed by atoms with Gasteiger partial charge in [-0.15, -0.1) is 11.3 Å². The van der Waals surface area contributed by atoms with Crippen molar-refractivity contribution in [2.45, 2.75) is 6.92 Å². The van der Waals surface area contributed by atoms with Crippen LogP contribution in [0.15, 0.2) is 35.7 Å². The first-order chi connectivity index (χ1) is 11.0. The summed E-state index contributed by atoms with van der Waals surface area (Å²) >= 11 is 1.33. The van der Waals surface area contributed by atoms with Gasteiger partial charge >= 0.3 is 11.9 Å². The van der Waals surface area contributed by atoms with E-state index in [1.54, 1.807) is 24.3 Å². The van der Waals surface area contributed by atoms with Gasteiger partial charge in [0, 0.05) is 6.08 Å². The van der Waals surface area contributed by atoms with Crippen molar-refractivity contribution in [2.75, 3.05) is 14.2 Å². The molecule has 5 nitrogen and oxygen atoms in total. The van der Waals surface area contributed by atoms with Crippen LogP contribution >= 0.6 is 11.3 Å². The second kappa shape index (κ2) is 7.60. The Morgan fingerprint density at radius 3 is 2.52 bits per heavy atom. The molecule has 0 bridgehead atoms. The van der Waals surface area contributed by atoms with E-state index in [0.717, 1.165) is 11.1 Å². The summed E-state index contributed by atoms with van der Waals surface area (Å²) < 4.78 is 15.2. The molecule has 0 N–H and O–H groups in total. The molecule has 1 aromatic heterocycles. The van der Waals surface area contributed by atoms with E-state index in [1.807, 2.05) is 18.4 Å². The van der Waals surface area contributed by atoms with E-state index in [-0.39, 0.29) is 0 Å². The van der Waals surface area contributed by atoms with E-state index in [2.05, 4.69) is 4.74 Å². The first-order valence-electron chi connectivity index (χ1n) is 6.75. The molecule has 0 spiro atoms. The summed E-state index contributed by atoms with van der Waals surface area (Å²) in [4.78, 5) is 23.8. The fraction of sp³-hybridized carbons (Fsp3) is 0.176. The van der Waals surface area contributed by atoms with Crippen LogP contribution in [0.4, 0.5) is 0 Å². The summed E-state index contributed by atoms with van der Waals surface area (Å²) in [5.41, 5.74) is 1.59. The number of carbonyl (C=O) groups excluding carboxylic acids is 2. The molecule has 120 valence electrons. The van der Waals surface area contributed by atoms with Crippen molar-refractivity contribution in [3.05, 3.63) is 51.7 Å². The Morgan fingerprint density at radius 1 is 1.13 bits per heavy atom. The summed E-state index contributed by atoms with van der Waals surface area (Å²) in [6.07, 6.45) is 2.89. The van der Waals surface area contributed by atoms with Crippen molar-refractivity contribution in [2.24, 2.45) is 0 Å². The van der Waals surface area contributed by atoms with Crippen LogP contribution in [-0.2, 0) is 9.53 Å². The number of hydrogen-bond acceptors (Lipinski definition) is 6. The van der Waals surface area contributed by atoms with Crippen molar-refractivity contribution < 1.29 is 23.8 Å². The first kappa shape index (κ1) is 16.8. The number of thiophene rings is 1. The van der Waals surface area contributed by atoms with Gasteiger partial charge in [0.2, 0.25) is 0 Å². The Hall–Kier alpha value is -2.60. The van der Waals surface area contributed by atoms with Crippen molar-refractivity contribution in [1.29, 1.82) is 0 Å². The third-order valence-corrected chi connectivity index (χ3v) is 4.05. The fourth-order valence-corrected chi connectivity index (χ4v) is 2.63. The highest BCUT2D eigenvalue weighted by Gasteiger charge is 2.15.